The number of hydrogen-bond donors (Lipinski definition) is 0. The predicted octanol–water partition coefficient (Wildman–Crippen LogP) is 5.72. The summed E-state index contributed by atoms with van der Waals surface area (Å²) >= 11 is 0. The average molecular weight is 623 g/mol. The average Bonchev–Trinajstić information content (AvgIpc) is 3.80. The van der Waals surface area contributed by atoms with E-state index >= 15 is 4.39 Å². The van der Waals surface area contributed by atoms with Crippen molar-refractivity contribution in [3.63, 3.8) is 0 Å². The molecular formula is C36H36F2N6O2. The Morgan fingerprint density at radius 1 is 1.17 bits per heavy atom. The normalized spacial score (nSPS) is 19.0. The lowest BCUT2D eigenvalue weighted by Gasteiger charge is -2.31. The zero-order valence-electron chi connectivity index (χ0n) is 25.9. The Hall–Kier alpha value is -4.62. The molecule has 3 aliphatic rings. The second kappa shape index (κ2) is 12.0. The van der Waals surface area contributed by atoms with Gasteiger partial charge in [0.1, 0.15) is 29.5 Å². The zero-order chi connectivity index (χ0) is 32.0. The van der Waals surface area contributed by atoms with Crippen LogP contribution in [0.2, 0.25) is 0 Å². The van der Waals surface area contributed by atoms with E-state index in [1.807, 2.05) is 16.8 Å². The van der Waals surface area contributed by atoms with Crippen LogP contribution in [0.3, 0.4) is 0 Å². The van der Waals surface area contributed by atoms with Gasteiger partial charge in [-0.2, -0.15) is 9.97 Å². The second-order valence-corrected chi connectivity index (χ2v) is 12.6. The Labute approximate surface area is 267 Å². The van der Waals surface area contributed by atoms with Gasteiger partial charge in [0.2, 0.25) is 5.91 Å². The maximum absolute atomic E-state index is 16.8. The summed E-state index contributed by atoms with van der Waals surface area (Å²) in [6.45, 7) is 7.30. The van der Waals surface area contributed by atoms with Gasteiger partial charge >= 0.3 is 6.01 Å². The molecule has 0 bridgehead atoms. The molecule has 5 heterocycles. The highest BCUT2D eigenvalue weighted by atomic mass is 19.1. The van der Waals surface area contributed by atoms with Crippen LogP contribution >= 0.6 is 0 Å². The molecule has 0 unspecified atom stereocenters. The minimum atomic E-state index is -0.676. The van der Waals surface area contributed by atoms with E-state index in [2.05, 4.69) is 27.4 Å². The van der Waals surface area contributed by atoms with Crippen LogP contribution in [0.15, 0.2) is 49.2 Å². The molecule has 2 aromatic carbocycles. The number of aromatic nitrogens is 3. The van der Waals surface area contributed by atoms with Crippen LogP contribution in [-0.2, 0) is 4.79 Å². The summed E-state index contributed by atoms with van der Waals surface area (Å²) < 4.78 is 37.9. The molecule has 3 fully saturated rings. The molecule has 2 aromatic heterocycles. The maximum Gasteiger partial charge on any atom is 0.319 e. The van der Waals surface area contributed by atoms with E-state index in [0.717, 1.165) is 51.6 Å². The van der Waals surface area contributed by atoms with Gasteiger partial charge in [0, 0.05) is 43.3 Å². The summed E-state index contributed by atoms with van der Waals surface area (Å²) in [5, 5.41) is 1.49. The fourth-order valence-corrected chi connectivity index (χ4v) is 7.75. The van der Waals surface area contributed by atoms with E-state index < -0.39 is 11.6 Å². The van der Waals surface area contributed by atoms with Gasteiger partial charge in [0.15, 0.2) is 5.82 Å². The first-order valence-corrected chi connectivity index (χ1v) is 15.9. The minimum Gasteiger partial charge on any atom is -0.461 e. The third-order valence-corrected chi connectivity index (χ3v) is 10.00. The largest absolute Gasteiger partial charge is 0.461 e. The molecule has 7 rings (SSSR count). The fraction of sp³-hybridized carbons (Fsp3) is 0.389. The van der Waals surface area contributed by atoms with Crippen molar-refractivity contribution in [3.05, 3.63) is 66.4 Å². The third-order valence-electron chi connectivity index (χ3n) is 10.00. The van der Waals surface area contributed by atoms with Gasteiger partial charge in [0.05, 0.1) is 16.5 Å². The van der Waals surface area contributed by atoms with Crippen LogP contribution in [0.4, 0.5) is 14.6 Å². The predicted molar refractivity (Wildman–Crippen MR) is 175 cm³/mol. The number of rotatable bonds is 8. The molecular weight excluding hydrogens is 586 g/mol. The smallest absolute Gasteiger partial charge is 0.319 e. The molecule has 0 spiro atoms. The number of amides is 1. The number of halogens is 2. The Kier molecular flexibility index (Phi) is 7.81. The number of anilines is 1. The minimum absolute atomic E-state index is 0.00774. The van der Waals surface area contributed by atoms with Crippen molar-refractivity contribution in [1.82, 2.24) is 24.8 Å². The van der Waals surface area contributed by atoms with Crippen molar-refractivity contribution < 1.29 is 18.3 Å². The van der Waals surface area contributed by atoms with Gasteiger partial charge in [-0.1, -0.05) is 36.8 Å². The summed E-state index contributed by atoms with van der Waals surface area (Å²) in [5.74, 6) is 1.54. The summed E-state index contributed by atoms with van der Waals surface area (Å²) in [5.41, 5.74) is 0.420. The van der Waals surface area contributed by atoms with Crippen LogP contribution in [0.25, 0.3) is 32.9 Å². The molecule has 8 nitrogen and oxygen atoms in total. The van der Waals surface area contributed by atoms with Crippen LogP contribution < -0.4 is 9.64 Å². The lowest BCUT2D eigenvalue weighted by atomic mass is 9.95. The number of hydrogen-bond acceptors (Lipinski definition) is 7. The van der Waals surface area contributed by atoms with Crippen LogP contribution in [0.5, 0.6) is 6.01 Å². The van der Waals surface area contributed by atoms with E-state index in [4.69, 9.17) is 16.1 Å². The summed E-state index contributed by atoms with van der Waals surface area (Å²) in [7, 11) is 1.87. The molecule has 3 saturated heterocycles. The summed E-state index contributed by atoms with van der Waals surface area (Å²) in [4.78, 5) is 32.7. The lowest BCUT2D eigenvalue weighted by molar-refractivity contribution is -0.126. The molecule has 4 aromatic rings. The molecule has 0 N–H and O–H groups in total. The van der Waals surface area contributed by atoms with Gasteiger partial charge in [-0.25, -0.2) is 8.78 Å². The van der Waals surface area contributed by atoms with Crippen molar-refractivity contribution in [2.75, 3.05) is 44.7 Å². The number of terminal acetylenes is 1. The third kappa shape index (κ3) is 5.03. The fourth-order valence-electron chi connectivity index (χ4n) is 7.75. The first-order valence-electron chi connectivity index (χ1n) is 15.9. The topological polar surface area (TPSA) is 74.7 Å². The standard InChI is InChI=1S/C36H36F2N6O2/c1-4-25-28(37)14-13-23-10-6-12-26(30(23)25)32-31(38)33-27(20-39-32)34(42(3)21-24-11-7-19-44(24)29(45)5-2)41-35(40-33)46-22-36-15-8-17-43(36)18-9-16-36/h1,5-6,10,12-14,20,24H,2,7-9,11,15-19,21-22H2,3H3/t24-/m0/s1. The number of fused-ring (bicyclic) bond motifs is 3. The highest BCUT2D eigenvalue weighted by molar-refractivity contribution is 6.02. The molecule has 1 amide bonds. The maximum atomic E-state index is 16.8. The van der Waals surface area contributed by atoms with Crippen molar-refractivity contribution in [2.45, 2.75) is 50.1 Å². The lowest BCUT2D eigenvalue weighted by Crippen LogP contribution is -2.43. The molecule has 236 valence electrons. The Bertz CT molecular complexity index is 1900. The van der Waals surface area contributed by atoms with Crippen LogP contribution in [0.1, 0.15) is 44.1 Å². The first-order chi connectivity index (χ1) is 22.3. The number of carbonyl (C=O) groups is 1. The number of likely N-dealkylation sites (N-methyl/N-ethyl adjacent to an activating group) is 1. The van der Waals surface area contributed by atoms with E-state index in [1.165, 1.54) is 12.1 Å². The monoisotopic (exact) mass is 622 g/mol. The number of ether oxygens (including phenoxy) is 1. The summed E-state index contributed by atoms with van der Waals surface area (Å²) in [6, 6.07) is 8.21. The molecule has 3 aliphatic heterocycles. The van der Waals surface area contributed by atoms with Crippen molar-refractivity contribution in [3.8, 4) is 29.6 Å². The Balaban J connectivity index is 1.33. The van der Waals surface area contributed by atoms with Crippen LogP contribution in [0, 0.1) is 24.0 Å². The number of nitrogens with zero attached hydrogens (tertiary/aromatic N) is 6. The van der Waals surface area contributed by atoms with Crippen LogP contribution in [-0.4, -0.2) is 82.1 Å². The van der Waals surface area contributed by atoms with Gasteiger partial charge < -0.3 is 14.5 Å². The highest BCUT2D eigenvalue weighted by Gasteiger charge is 2.45. The summed E-state index contributed by atoms with van der Waals surface area (Å²) in [6.07, 6.45) is 14.6. The van der Waals surface area contributed by atoms with Crippen molar-refractivity contribution in [1.29, 1.82) is 0 Å². The van der Waals surface area contributed by atoms with E-state index in [9.17, 15) is 9.18 Å². The SMILES string of the molecule is C#Cc1c(F)ccc2cccc(-c3ncc4c(N(C)C[C@@H]5CCCN5C(=O)C=C)nc(OCC56CCCN5CCC6)nc4c3F)c12. The van der Waals surface area contributed by atoms with E-state index in [0.29, 0.717) is 47.2 Å². The van der Waals surface area contributed by atoms with Crippen molar-refractivity contribution in [2.24, 2.45) is 0 Å². The van der Waals surface area contributed by atoms with Gasteiger partial charge in [0.25, 0.3) is 0 Å². The highest BCUT2D eigenvalue weighted by Crippen LogP contribution is 2.40. The molecule has 1 atom stereocenters. The number of pyridine rings is 1. The number of carbonyl (C=O) groups excluding carboxylic acids is 1. The van der Waals surface area contributed by atoms with Gasteiger partial charge in [-0.15, -0.1) is 6.42 Å². The number of likely N-dealkylation sites (tertiary alicyclic amines) is 1. The Morgan fingerprint density at radius 2 is 1.98 bits per heavy atom. The molecule has 46 heavy (non-hydrogen) atoms. The van der Waals surface area contributed by atoms with E-state index in [-0.39, 0.29) is 40.3 Å². The van der Waals surface area contributed by atoms with Crippen molar-refractivity contribution >= 4 is 33.4 Å². The second-order valence-electron chi connectivity index (χ2n) is 12.6. The molecule has 10 heteroatoms. The van der Waals surface area contributed by atoms with Gasteiger partial charge in [-0.3, -0.25) is 14.7 Å². The van der Waals surface area contributed by atoms with E-state index in [1.54, 1.807) is 30.5 Å². The quantitative estimate of drug-likeness (QED) is 0.184. The van der Waals surface area contributed by atoms with Gasteiger partial charge in [-0.05, 0) is 69.1 Å². The molecule has 0 radical (unpaired) electrons. The molecule has 0 aliphatic carbocycles. The first kappa shape index (κ1) is 30.1. The number of benzene rings is 2. The molecule has 0 saturated carbocycles. The Morgan fingerprint density at radius 3 is 2.74 bits per heavy atom. The zero-order valence-corrected chi connectivity index (χ0v) is 25.9.